The normalized spacial score (nSPS) is 15.3. The molecule has 1 N–H and O–H groups in total. The number of carbonyl (C=O) groups is 2. The van der Waals surface area contributed by atoms with Crippen molar-refractivity contribution < 1.29 is 14.3 Å². The molecular weight excluding hydrogens is 402 g/mol. The fourth-order valence-electron chi connectivity index (χ4n) is 3.98. The number of ether oxygens (including phenoxy) is 1. The lowest BCUT2D eigenvalue weighted by Crippen LogP contribution is -2.29. The van der Waals surface area contributed by atoms with E-state index in [1.54, 1.807) is 0 Å². The minimum atomic E-state index is -0.652. The monoisotopic (exact) mass is 431 g/mol. The number of rotatable bonds is 4. The lowest BCUT2D eigenvalue weighted by atomic mass is 10.0. The highest BCUT2D eigenvalue weighted by atomic mass is 16.6. The van der Waals surface area contributed by atoms with Crippen molar-refractivity contribution in [3.8, 4) is 11.1 Å². The van der Waals surface area contributed by atoms with Crippen LogP contribution in [0.15, 0.2) is 54.6 Å². The largest absolute Gasteiger partial charge is 0.442 e. The second kappa shape index (κ2) is 8.61. The summed E-state index contributed by atoms with van der Waals surface area (Å²) in [5.41, 5.74) is 4.27. The first kappa shape index (κ1) is 21.8. The number of aromatic nitrogens is 2. The zero-order valence-electron chi connectivity index (χ0n) is 19.0. The molecule has 4 rings (SSSR count). The molecule has 0 radical (unpaired) electrons. The fraction of sp³-hybridized carbons (Fsp3) is 0.346. The summed E-state index contributed by atoms with van der Waals surface area (Å²) in [5.74, 6) is 0.490. The zero-order chi connectivity index (χ0) is 22.9. The van der Waals surface area contributed by atoms with Crippen LogP contribution in [0.4, 0.5) is 10.6 Å². The van der Waals surface area contributed by atoms with Crippen LogP contribution in [-0.4, -0.2) is 27.4 Å². The highest BCUT2D eigenvalue weighted by Crippen LogP contribution is 2.37. The molecule has 1 heterocycles. The van der Waals surface area contributed by atoms with Crippen molar-refractivity contribution in [3.63, 3.8) is 0 Å². The second-order valence-corrected chi connectivity index (χ2v) is 9.33. The van der Waals surface area contributed by atoms with E-state index in [4.69, 9.17) is 4.74 Å². The molecule has 0 fully saturated rings. The quantitative estimate of drug-likeness (QED) is 0.587. The molecule has 32 heavy (non-hydrogen) atoms. The smallest absolute Gasteiger partial charge is 0.437 e. The lowest BCUT2D eigenvalue weighted by molar-refractivity contribution is -0.115. The van der Waals surface area contributed by atoms with Crippen LogP contribution in [-0.2, 0) is 22.4 Å². The number of benzene rings is 2. The van der Waals surface area contributed by atoms with E-state index in [1.807, 2.05) is 63.2 Å². The van der Waals surface area contributed by atoms with Gasteiger partial charge in [-0.3, -0.25) is 4.79 Å². The third-order valence-electron chi connectivity index (χ3n) is 5.56. The zero-order valence-corrected chi connectivity index (χ0v) is 19.0. The van der Waals surface area contributed by atoms with Crippen LogP contribution in [0, 0.1) is 0 Å². The first-order chi connectivity index (χ1) is 15.2. The number of fused-ring (bicyclic) bond motifs is 1. The van der Waals surface area contributed by atoms with Crippen LogP contribution >= 0.6 is 0 Å². The Hall–Kier alpha value is -3.41. The van der Waals surface area contributed by atoms with Crippen molar-refractivity contribution in [2.75, 3.05) is 5.32 Å². The van der Waals surface area contributed by atoms with E-state index in [1.165, 1.54) is 4.68 Å². The van der Waals surface area contributed by atoms with Gasteiger partial charge < -0.3 is 10.1 Å². The second-order valence-electron chi connectivity index (χ2n) is 9.33. The third-order valence-corrected chi connectivity index (χ3v) is 5.56. The van der Waals surface area contributed by atoms with E-state index >= 15 is 0 Å². The van der Waals surface area contributed by atoms with Crippen LogP contribution in [0.25, 0.3) is 11.1 Å². The number of nitrogens with zero attached hydrogens (tertiary/aromatic N) is 2. The van der Waals surface area contributed by atoms with E-state index in [0.717, 1.165) is 40.8 Å². The van der Waals surface area contributed by atoms with E-state index in [-0.39, 0.29) is 18.2 Å². The molecule has 3 aromatic rings. The van der Waals surface area contributed by atoms with E-state index in [0.29, 0.717) is 5.82 Å². The summed E-state index contributed by atoms with van der Waals surface area (Å²) in [6.45, 7) is 7.50. The summed E-state index contributed by atoms with van der Waals surface area (Å²) in [7, 11) is 0. The Morgan fingerprint density at radius 1 is 1.06 bits per heavy atom. The number of anilines is 1. The van der Waals surface area contributed by atoms with Crippen LogP contribution in [0.5, 0.6) is 0 Å². The molecule has 0 aliphatic heterocycles. The van der Waals surface area contributed by atoms with Crippen LogP contribution in [0.1, 0.15) is 56.9 Å². The molecule has 6 nitrogen and oxygen atoms in total. The number of carbonyl (C=O) groups excluding carboxylic acids is 2. The van der Waals surface area contributed by atoms with E-state index in [9.17, 15) is 9.59 Å². The highest BCUT2D eigenvalue weighted by Gasteiger charge is 2.32. The van der Waals surface area contributed by atoms with Gasteiger partial charge in [-0.15, -0.1) is 4.68 Å². The Balaban J connectivity index is 1.52. The van der Waals surface area contributed by atoms with Gasteiger partial charge in [0.15, 0.2) is 0 Å². The van der Waals surface area contributed by atoms with E-state index < -0.39 is 11.7 Å². The van der Waals surface area contributed by atoms with Gasteiger partial charge in [-0.2, -0.15) is 5.10 Å². The summed E-state index contributed by atoms with van der Waals surface area (Å²) in [6.07, 6.45) is 1.36. The number of nitrogens with one attached hydrogen (secondary N) is 1. The van der Waals surface area contributed by atoms with Gasteiger partial charge in [0.25, 0.3) is 0 Å². The molecule has 6 heteroatoms. The molecule has 1 aliphatic carbocycles. The maximum absolute atomic E-state index is 12.9. The molecule has 0 saturated heterocycles. The van der Waals surface area contributed by atoms with Crippen LogP contribution in [0.3, 0.4) is 0 Å². The maximum atomic E-state index is 12.9. The average Bonchev–Trinajstić information content (AvgIpc) is 3.28. The molecule has 1 amide bonds. The maximum Gasteiger partial charge on any atom is 0.437 e. The molecule has 2 aromatic carbocycles. The first-order valence-corrected chi connectivity index (χ1v) is 11.0. The summed E-state index contributed by atoms with van der Waals surface area (Å²) < 4.78 is 6.71. The van der Waals surface area contributed by atoms with Crippen molar-refractivity contribution in [1.29, 1.82) is 0 Å². The molecule has 1 unspecified atom stereocenters. The first-order valence-electron chi connectivity index (χ1n) is 11.0. The van der Waals surface area contributed by atoms with Crippen molar-refractivity contribution in [1.82, 2.24) is 9.78 Å². The predicted molar refractivity (Wildman–Crippen MR) is 125 cm³/mol. The Labute approximate surface area is 188 Å². The van der Waals surface area contributed by atoms with Crippen LogP contribution in [0.2, 0.25) is 0 Å². The molecular formula is C26H29N3O3. The Morgan fingerprint density at radius 2 is 1.72 bits per heavy atom. The Bertz CT molecular complexity index is 1130. The summed E-state index contributed by atoms with van der Waals surface area (Å²) in [5, 5.41) is 7.42. The van der Waals surface area contributed by atoms with Gasteiger partial charge in [0.1, 0.15) is 11.4 Å². The summed E-state index contributed by atoms with van der Waals surface area (Å²) >= 11 is 0. The van der Waals surface area contributed by atoms with Gasteiger partial charge in [0.05, 0.1) is 12.1 Å². The molecule has 166 valence electrons. The topological polar surface area (TPSA) is 73.2 Å². The lowest BCUT2D eigenvalue weighted by Gasteiger charge is -2.20. The fourth-order valence-corrected chi connectivity index (χ4v) is 3.98. The minimum Gasteiger partial charge on any atom is -0.442 e. The van der Waals surface area contributed by atoms with Gasteiger partial charge in [0.2, 0.25) is 5.91 Å². The van der Waals surface area contributed by atoms with Crippen molar-refractivity contribution in [3.05, 3.63) is 71.4 Å². The third kappa shape index (κ3) is 4.74. The predicted octanol–water partition coefficient (Wildman–Crippen LogP) is 5.56. The standard InChI is InChI=1S/C26H29N3O3/c1-17-10-15-21-23(17)28-29(25(31)32-26(2,3)4)24(21)27-22(30)16-18-11-13-20(14-12-18)19-8-6-5-7-9-19/h5-9,11-14,17H,10,15-16H2,1-4H3,(H,27,30). The van der Waals surface area contributed by atoms with Crippen molar-refractivity contribution in [2.45, 2.75) is 58.5 Å². The molecule has 1 aromatic heterocycles. The van der Waals surface area contributed by atoms with Gasteiger partial charge in [-0.25, -0.2) is 4.79 Å². The SMILES string of the molecule is CC1CCc2c1nn(C(=O)OC(C)(C)C)c2NC(=O)Cc1ccc(-c2ccccc2)cc1. The molecule has 1 atom stereocenters. The minimum absolute atomic E-state index is 0.190. The van der Waals surface area contributed by atoms with E-state index in [2.05, 4.69) is 29.5 Å². The molecule has 0 saturated carbocycles. The van der Waals surface area contributed by atoms with Gasteiger partial charge in [-0.1, -0.05) is 61.5 Å². The Morgan fingerprint density at radius 3 is 2.38 bits per heavy atom. The number of hydrogen-bond donors (Lipinski definition) is 1. The molecule has 0 bridgehead atoms. The number of amides is 1. The van der Waals surface area contributed by atoms with Crippen LogP contribution < -0.4 is 5.32 Å². The Kier molecular flexibility index (Phi) is 5.87. The van der Waals surface area contributed by atoms with Gasteiger partial charge in [-0.05, 0) is 50.3 Å². The number of hydrogen-bond acceptors (Lipinski definition) is 4. The molecule has 1 aliphatic rings. The highest BCUT2D eigenvalue weighted by molar-refractivity contribution is 5.94. The molecule has 0 spiro atoms. The van der Waals surface area contributed by atoms with Crippen molar-refractivity contribution in [2.24, 2.45) is 0 Å². The van der Waals surface area contributed by atoms with Gasteiger partial charge >= 0.3 is 6.09 Å². The average molecular weight is 432 g/mol. The summed E-state index contributed by atoms with van der Waals surface area (Å²) in [6, 6.07) is 18.1. The summed E-state index contributed by atoms with van der Waals surface area (Å²) in [4.78, 5) is 25.6. The van der Waals surface area contributed by atoms with Crippen molar-refractivity contribution >= 4 is 17.8 Å². The van der Waals surface area contributed by atoms with Gasteiger partial charge in [0, 0.05) is 11.5 Å².